The van der Waals surface area contributed by atoms with Gasteiger partial charge in [-0.1, -0.05) is 51.8 Å². The van der Waals surface area contributed by atoms with Gasteiger partial charge in [0.1, 0.15) is 12.6 Å². The van der Waals surface area contributed by atoms with Gasteiger partial charge in [0.05, 0.1) is 29.2 Å². The molecule has 188 valence electrons. The van der Waals surface area contributed by atoms with Gasteiger partial charge in [-0.2, -0.15) is 0 Å². The first-order valence-electron chi connectivity index (χ1n) is 12.6. The van der Waals surface area contributed by atoms with Crippen molar-refractivity contribution in [3.8, 4) is 0 Å². The summed E-state index contributed by atoms with van der Waals surface area (Å²) in [6.07, 6.45) is 10.4. The van der Waals surface area contributed by atoms with Gasteiger partial charge in [0.2, 0.25) is 11.8 Å². The van der Waals surface area contributed by atoms with E-state index in [-0.39, 0.29) is 43.0 Å². The Morgan fingerprint density at radius 2 is 1.88 bits per heavy atom. The lowest BCUT2D eigenvalue weighted by Gasteiger charge is -2.42. The monoisotopic (exact) mass is 490 g/mol. The normalized spacial score (nSPS) is 37.5. The van der Waals surface area contributed by atoms with Gasteiger partial charge in [-0.3, -0.25) is 14.4 Å². The van der Waals surface area contributed by atoms with Crippen molar-refractivity contribution in [2.24, 2.45) is 17.8 Å². The number of ether oxygens (including phenoxy) is 1. The number of aliphatic hydroxyl groups is 1. The van der Waals surface area contributed by atoms with Crippen molar-refractivity contribution in [2.75, 3.05) is 19.8 Å². The first kappa shape index (κ1) is 25.3. The molecular weight excluding hydrogens is 452 g/mol. The van der Waals surface area contributed by atoms with E-state index in [4.69, 9.17) is 4.74 Å². The van der Waals surface area contributed by atoms with E-state index in [0.717, 1.165) is 19.3 Å². The highest BCUT2D eigenvalue weighted by atomic mass is 32.2. The average Bonchev–Trinajstić information content (AvgIpc) is 3.05. The summed E-state index contributed by atoms with van der Waals surface area (Å²) in [4.78, 5) is 45.3. The average molecular weight is 491 g/mol. The predicted molar refractivity (Wildman–Crippen MR) is 132 cm³/mol. The van der Waals surface area contributed by atoms with Gasteiger partial charge in [0, 0.05) is 17.3 Å². The van der Waals surface area contributed by atoms with Crippen LogP contribution >= 0.6 is 11.8 Å². The fraction of sp³-hybridized carbons (Fsp3) is 0.731. The highest BCUT2D eigenvalue weighted by Gasteiger charge is 2.74. The maximum absolute atomic E-state index is 14.3. The summed E-state index contributed by atoms with van der Waals surface area (Å²) in [5.74, 6) is -2.11. The molecule has 4 aliphatic heterocycles. The Hall–Kier alpha value is -1.80. The van der Waals surface area contributed by atoms with Gasteiger partial charge in [-0.25, -0.2) is 0 Å². The van der Waals surface area contributed by atoms with Crippen molar-refractivity contribution < 1.29 is 24.2 Å². The lowest BCUT2D eigenvalue weighted by atomic mass is 9.75. The van der Waals surface area contributed by atoms with Crippen LogP contribution in [0.2, 0.25) is 0 Å². The lowest BCUT2D eigenvalue weighted by Crippen LogP contribution is -2.59. The van der Waals surface area contributed by atoms with E-state index >= 15 is 0 Å². The minimum atomic E-state index is -0.893. The van der Waals surface area contributed by atoms with Crippen LogP contribution in [-0.4, -0.2) is 80.1 Å². The number of carbonyl (C=O) groups excluding carboxylic acids is 3. The number of carbonyl (C=O) groups is 3. The largest absolute Gasteiger partial charge is 0.461 e. The number of esters is 1. The fourth-order valence-corrected chi connectivity index (χ4v) is 8.59. The second-order valence-corrected chi connectivity index (χ2v) is 12.2. The number of fused-ring (bicyclic) bond motifs is 2. The summed E-state index contributed by atoms with van der Waals surface area (Å²) in [6, 6.07) is -1.24. The Bertz CT molecular complexity index is 906. The van der Waals surface area contributed by atoms with Gasteiger partial charge in [-0.15, -0.1) is 11.8 Å². The number of aliphatic hydroxyl groups excluding tert-OH is 1. The SMILES string of the molecule is CCCC(C)N1CC=C[C@]23S[C@]4(C)C=CCOC(=O)[C@@H]4[C@H]2C(=O)N([C@@H](CO)[C@@H](C)CC)C3C1=O. The molecule has 0 bridgehead atoms. The van der Waals surface area contributed by atoms with Crippen LogP contribution in [0.5, 0.6) is 0 Å². The van der Waals surface area contributed by atoms with Crippen LogP contribution in [0.25, 0.3) is 0 Å². The fourth-order valence-electron chi connectivity index (χ4n) is 6.45. The molecule has 2 fully saturated rings. The second-order valence-electron chi connectivity index (χ2n) is 10.4. The molecule has 0 radical (unpaired) electrons. The van der Waals surface area contributed by atoms with E-state index in [1.807, 2.05) is 50.0 Å². The maximum Gasteiger partial charge on any atom is 0.311 e. The van der Waals surface area contributed by atoms with Crippen molar-refractivity contribution >= 4 is 29.5 Å². The van der Waals surface area contributed by atoms with E-state index in [2.05, 4.69) is 13.8 Å². The first-order chi connectivity index (χ1) is 16.2. The molecule has 4 heterocycles. The van der Waals surface area contributed by atoms with Crippen LogP contribution in [-0.2, 0) is 19.1 Å². The zero-order valence-electron chi connectivity index (χ0n) is 20.9. The third-order valence-electron chi connectivity index (χ3n) is 8.37. The molecule has 8 atom stereocenters. The van der Waals surface area contributed by atoms with Crippen LogP contribution in [0, 0.1) is 17.8 Å². The number of rotatable bonds is 7. The smallest absolute Gasteiger partial charge is 0.311 e. The molecule has 0 saturated carbocycles. The molecule has 34 heavy (non-hydrogen) atoms. The van der Waals surface area contributed by atoms with Crippen molar-refractivity contribution in [3.63, 3.8) is 0 Å². The van der Waals surface area contributed by atoms with E-state index in [1.165, 1.54) is 0 Å². The predicted octanol–water partition coefficient (Wildman–Crippen LogP) is 2.78. The van der Waals surface area contributed by atoms with Crippen LogP contribution in [0.3, 0.4) is 0 Å². The van der Waals surface area contributed by atoms with Gasteiger partial charge in [0.15, 0.2) is 0 Å². The van der Waals surface area contributed by atoms with Crippen molar-refractivity contribution in [1.82, 2.24) is 9.80 Å². The highest BCUT2D eigenvalue weighted by Crippen LogP contribution is 2.65. The van der Waals surface area contributed by atoms with Crippen LogP contribution in [0.1, 0.15) is 53.9 Å². The van der Waals surface area contributed by atoms with E-state index < -0.39 is 33.4 Å². The van der Waals surface area contributed by atoms with Crippen LogP contribution in [0.15, 0.2) is 24.3 Å². The molecule has 8 heteroatoms. The molecular formula is C26H38N2O5S. The van der Waals surface area contributed by atoms with Crippen molar-refractivity contribution in [1.29, 1.82) is 0 Å². The summed E-state index contributed by atoms with van der Waals surface area (Å²) in [5.41, 5.74) is 0. The molecule has 1 N–H and O–H groups in total. The van der Waals surface area contributed by atoms with Crippen molar-refractivity contribution in [3.05, 3.63) is 24.3 Å². The van der Waals surface area contributed by atoms with Gasteiger partial charge < -0.3 is 19.6 Å². The number of nitrogens with zero attached hydrogens (tertiary/aromatic N) is 2. The Kier molecular flexibility index (Phi) is 6.95. The third kappa shape index (κ3) is 3.63. The number of amides is 2. The Labute approximate surface area is 206 Å². The van der Waals surface area contributed by atoms with Crippen molar-refractivity contribution in [2.45, 2.75) is 81.5 Å². The topological polar surface area (TPSA) is 87.2 Å². The van der Waals surface area contributed by atoms with Gasteiger partial charge in [0.25, 0.3) is 0 Å². The van der Waals surface area contributed by atoms with E-state index in [1.54, 1.807) is 16.7 Å². The molecule has 0 aromatic carbocycles. The maximum atomic E-state index is 14.3. The summed E-state index contributed by atoms with van der Waals surface area (Å²) in [5, 5.41) is 10.4. The van der Waals surface area contributed by atoms with Crippen LogP contribution < -0.4 is 0 Å². The number of thioether (sulfide) groups is 1. The molecule has 0 aliphatic carbocycles. The number of cyclic esters (lactones) is 1. The second kappa shape index (κ2) is 9.34. The molecule has 2 saturated heterocycles. The minimum Gasteiger partial charge on any atom is -0.461 e. The summed E-state index contributed by atoms with van der Waals surface area (Å²) < 4.78 is 3.93. The van der Waals surface area contributed by atoms with Crippen LogP contribution in [0.4, 0.5) is 0 Å². The summed E-state index contributed by atoms with van der Waals surface area (Å²) in [7, 11) is 0. The third-order valence-corrected chi connectivity index (χ3v) is 10.2. The lowest BCUT2D eigenvalue weighted by molar-refractivity contribution is -0.153. The Morgan fingerprint density at radius 3 is 2.53 bits per heavy atom. The first-order valence-corrected chi connectivity index (χ1v) is 13.4. The van der Waals surface area contributed by atoms with Gasteiger partial charge in [-0.05, 0) is 32.3 Å². The molecule has 1 spiro atoms. The number of hydrogen-bond donors (Lipinski definition) is 1. The molecule has 0 aromatic rings. The summed E-state index contributed by atoms with van der Waals surface area (Å²) in [6.45, 7) is 10.6. The highest BCUT2D eigenvalue weighted by molar-refractivity contribution is 8.02. The molecule has 0 aromatic heterocycles. The van der Waals surface area contributed by atoms with E-state index in [0.29, 0.717) is 6.54 Å². The quantitative estimate of drug-likeness (QED) is 0.436. The molecule has 4 rings (SSSR count). The standard InChI is InChI=1S/C26H38N2O5S/c1-6-10-17(4)27-13-8-12-26-19(20-24(32)33-14-9-11-25(20,5)34-26)22(30)28(21(26)23(27)31)18(15-29)16(3)7-2/h8-9,11-12,16-21,29H,6-7,10,13-15H2,1-5H3/t16-,17?,18-,19-,20-,21?,25+,26-/m0/s1. The number of likely N-dealkylation sites (tertiary alicyclic amines) is 1. The zero-order chi connectivity index (χ0) is 24.8. The minimum absolute atomic E-state index is 0.00346. The van der Waals surface area contributed by atoms with E-state index in [9.17, 15) is 19.5 Å². The molecule has 4 aliphatic rings. The zero-order valence-corrected chi connectivity index (χ0v) is 21.7. The number of hydrogen-bond acceptors (Lipinski definition) is 6. The Balaban J connectivity index is 1.89. The molecule has 7 nitrogen and oxygen atoms in total. The van der Waals surface area contributed by atoms with Gasteiger partial charge >= 0.3 is 5.97 Å². The summed E-state index contributed by atoms with van der Waals surface area (Å²) >= 11 is 1.55. The Morgan fingerprint density at radius 1 is 1.15 bits per heavy atom. The molecule has 2 amide bonds. The molecule has 2 unspecified atom stereocenters.